The van der Waals surface area contributed by atoms with Crippen molar-refractivity contribution in [2.75, 3.05) is 20.3 Å². The standard InChI is InChI=1S/C15H28N2O3/c1-5-9-12-13(18)16-15(3,6-2)14(19)17(12)10-7-8-11-20-4/h12H,5-11H2,1-4H3,(H,16,18). The van der Waals surface area contributed by atoms with Crippen LogP contribution in [0.4, 0.5) is 0 Å². The third-order valence-corrected chi connectivity index (χ3v) is 4.08. The lowest BCUT2D eigenvalue weighted by molar-refractivity contribution is -0.154. The van der Waals surface area contributed by atoms with Crippen LogP contribution in [0.5, 0.6) is 0 Å². The van der Waals surface area contributed by atoms with E-state index >= 15 is 0 Å². The molecule has 0 spiro atoms. The zero-order valence-corrected chi connectivity index (χ0v) is 13.2. The molecule has 2 amide bonds. The van der Waals surface area contributed by atoms with E-state index in [1.807, 2.05) is 20.8 Å². The molecule has 0 radical (unpaired) electrons. The van der Waals surface area contributed by atoms with Crippen LogP contribution in [0.2, 0.25) is 0 Å². The van der Waals surface area contributed by atoms with E-state index in [1.165, 1.54) is 0 Å². The third-order valence-electron chi connectivity index (χ3n) is 4.08. The van der Waals surface area contributed by atoms with Gasteiger partial charge in [0.25, 0.3) is 0 Å². The number of unbranched alkanes of at least 4 members (excludes halogenated alkanes) is 1. The average Bonchev–Trinajstić information content (AvgIpc) is 2.43. The Bertz CT molecular complexity index is 346. The van der Waals surface area contributed by atoms with E-state index in [4.69, 9.17) is 4.74 Å². The number of rotatable bonds is 8. The van der Waals surface area contributed by atoms with Gasteiger partial charge < -0.3 is 15.0 Å². The van der Waals surface area contributed by atoms with Crippen LogP contribution in [0, 0.1) is 0 Å². The molecule has 1 aliphatic heterocycles. The van der Waals surface area contributed by atoms with E-state index in [1.54, 1.807) is 12.0 Å². The van der Waals surface area contributed by atoms with Crippen molar-refractivity contribution in [1.29, 1.82) is 0 Å². The molecule has 0 aliphatic carbocycles. The van der Waals surface area contributed by atoms with E-state index in [0.717, 1.165) is 25.7 Å². The molecule has 1 aliphatic rings. The van der Waals surface area contributed by atoms with Gasteiger partial charge in [-0.3, -0.25) is 9.59 Å². The van der Waals surface area contributed by atoms with Crippen LogP contribution >= 0.6 is 0 Å². The van der Waals surface area contributed by atoms with Crippen LogP contribution in [0.15, 0.2) is 0 Å². The van der Waals surface area contributed by atoms with Crippen molar-refractivity contribution in [3.05, 3.63) is 0 Å². The van der Waals surface area contributed by atoms with Gasteiger partial charge in [0.2, 0.25) is 11.8 Å². The van der Waals surface area contributed by atoms with Gasteiger partial charge in [0, 0.05) is 20.3 Å². The van der Waals surface area contributed by atoms with Gasteiger partial charge in [-0.05, 0) is 32.6 Å². The number of nitrogens with zero attached hydrogens (tertiary/aromatic N) is 1. The highest BCUT2D eigenvalue weighted by molar-refractivity contribution is 5.99. The molecule has 1 saturated heterocycles. The molecule has 1 rings (SSSR count). The zero-order chi connectivity index (χ0) is 15.2. The molecule has 5 heteroatoms. The van der Waals surface area contributed by atoms with Crippen LogP contribution in [-0.4, -0.2) is 48.6 Å². The van der Waals surface area contributed by atoms with Crippen molar-refractivity contribution in [3.63, 3.8) is 0 Å². The van der Waals surface area contributed by atoms with Crippen molar-refractivity contribution < 1.29 is 14.3 Å². The normalized spacial score (nSPS) is 26.8. The van der Waals surface area contributed by atoms with Crippen LogP contribution in [-0.2, 0) is 14.3 Å². The van der Waals surface area contributed by atoms with Crippen LogP contribution < -0.4 is 5.32 Å². The van der Waals surface area contributed by atoms with E-state index < -0.39 is 5.54 Å². The molecule has 0 aromatic rings. The molecular weight excluding hydrogens is 256 g/mol. The molecule has 2 atom stereocenters. The minimum Gasteiger partial charge on any atom is -0.385 e. The lowest BCUT2D eigenvalue weighted by Gasteiger charge is -2.44. The molecule has 1 N–H and O–H groups in total. The zero-order valence-electron chi connectivity index (χ0n) is 13.2. The van der Waals surface area contributed by atoms with E-state index in [2.05, 4.69) is 5.32 Å². The number of ether oxygens (including phenoxy) is 1. The minimum absolute atomic E-state index is 0.0115. The van der Waals surface area contributed by atoms with Crippen LogP contribution in [0.1, 0.15) is 52.9 Å². The van der Waals surface area contributed by atoms with Gasteiger partial charge in [0.15, 0.2) is 0 Å². The Morgan fingerprint density at radius 3 is 2.55 bits per heavy atom. The number of carbonyl (C=O) groups excluding carboxylic acids is 2. The second kappa shape index (κ2) is 7.62. The number of amides is 2. The molecule has 2 unspecified atom stereocenters. The lowest BCUT2D eigenvalue weighted by atomic mass is 9.90. The first-order valence-electron chi connectivity index (χ1n) is 7.62. The highest BCUT2D eigenvalue weighted by Gasteiger charge is 2.46. The molecule has 5 nitrogen and oxygen atoms in total. The summed E-state index contributed by atoms with van der Waals surface area (Å²) >= 11 is 0. The van der Waals surface area contributed by atoms with Gasteiger partial charge in [-0.2, -0.15) is 0 Å². The van der Waals surface area contributed by atoms with E-state index in [9.17, 15) is 9.59 Å². The van der Waals surface area contributed by atoms with Crippen molar-refractivity contribution in [2.45, 2.75) is 64.5 Å². The van der Waals surface area contributed by atoms with Gasteiger partial charge in [-0.25, -0.2) is 0 Å². The molecule has 116 valence electrons. The van der Waals surface area contributed by atoms with Crippen molar-refractivity contribution in [3.8, 4) is 0 Å². The lowest BCUT2D eigenvalue weighted by Crippen LogP contribution is -2.69. The van der Waals surface area contributed by atoms with Crippen molar-refractivity contribution in [1.82, 2.24) is 10.2 Å². The Labute approximate surface area is 122 Å². The number of methoxy groups -OCH3 is 1. The summed E-state index contributed by atoms with van der Waals surface area (Å²) in [5.41, 5.74) is -0.747. The molecule has 0 saturated carbocycles. The van der Waals surface area contributed by atoms with E-state index in [0.29, 0.717) is 19.6 Å². The summed E-state index contributed by atoms with van der Waals surface area (Å²) < 4.78 is 5.03. The minimum atomic E-state index is -0.747. The second-order valence-corrected chi connectivity index (χ2v) is 5.68. The smallest absolute Gasteiger partial charge is 0.248 e. The molecule has 1 heterocycles. The molecule has 1 fully saturated rings. The Morgan fingerprint density at radius 1 is 1.30 bits per heavy atom. The highest BCUT2D eigenvalue weighted by atomic mass is 16.5. The first-order chi connectivity index (χ1) is 9.50. The van der Waals surface area contributed by atoms with E-state index in [-0.39, 0.29) is 17.9 Å². The fourth-order valence-corrected chi connectivity index (χ4v) is 2.59. The van der Waals surface area contributed by atoms with Gasteiger partial charge in [0.1, 0.15) is 11.6 Å². The Balaban J connectivity index is 2.79. The SMILES string of the molecule is CCCC1C(=O)NC(C)(CC)C(=O)N1CCCCOC. The van der Waals surface area contributed by atoms with Crippen molar-refractivity contribution in [2.24, 2.45) is 0 Å². The predicted octanol–water partition coefficient (Wildman–Crippen LogP) is 1.71. The maximum absolute atomic E-state index is 12.7. The molecule has 0 aromatic heterocycles. The first kappa shape index (κ1) is 17.0. The first-order valence-corrected chi connectivity index (χ1v) is 7.62. The fraction of sp³-hybridized carbons (Fsp3) is 0.867. The molecule has 0 aromatic carbocycles. The number of carbonyl (C=O) groups is 2. The monoisotopic (exact) mass is 284 g/mol. The summed E-state index contributed by atoms with van der Waals surface area (Å²) in [5.74, 6) is 0.0398. The Kier molecular flexibility index (Phi) is 6.46. The number of nitrogens with one attached hydrogen (secondary N) is 1. The fourth-order valence-electron chi connectivity index (χ4n) is 2.59. The van der Waals surface area contributed by atoms with Crippen LogP contribution in [0.25, 0.3) is 0 Å². The van der Waals surface area contributed by atoms with Gasteiger partial charge >= 0.3 is 0 Å². The van der Waals surface area contributed by atoms with Gasteiger partial charge in [0.05, 0.1) is 0 Å². The number of piperazine rings is 1. The summed E-state index contributed by atoms with van der Waals surface area (Å²) in [4.78, 5) is 26.7. The molecule has 20 heavy (non-hydrogen) atoms. The Morgan fingerprint density at radius 2 is 2.00 bits per heavy atom. The van der Waals surface area contributed by atoms with Crippen molar-refractivity contribution >= 4 is 11.8 Å². The summed E-state index contributed by atoms with van der Waals surface area (Å²) in [7, 11) is 1.67. The predicted molar refractivity (Wildman–Crippen MR) is 78.4 cm³/mol. The number of hydrogen-bond donors (Lipinski definition) is 1. The second-order valence-electron chi connectivity index (χ2n) is 5.68. The van der Waals surface area contributed by atoms with Crippen LogP contribution in [0.3, 0.4) is 0 Å². The quantitative estimate of drug-likeness (QED) is 0.690. The summed E-state index contributed by atoms with van der Waals surface area (Å²) in [5, 5.41) is 2.90. The summed E-state index contributed by atoms with van der Waals surface area (Å²) in [6, 6.07) is -0.310. The number of hydrogen-bond acceptors (Lipinski definition) is 3. The molecule has 0 bridgehead atoms. The summed E-state index contributed by atoms with van der Waals surface area (Å²) in [6.07, 6.45) is 4.01. The summed E-state index contributed by atoms with van der Waals surface area (Å²) in [6.45, 7) is 7.11. The largest absolute Gasteiger partial charge is 0.385 e. The topological polar surface area (TPSA) is 58.6 Å². The van der Waals surface area contributed by atoms with Gasteiger partial charge in [-0.1, -0.05) is 20.3 Å². The average molecular weight is 284 g/mol. The maximum atomic E-state index is 12.7. The maximum Gasteiger partial charge on any atom is 0.248 e. The van der Waals surface area contributed by atoms with Gasteiger partial charge in [-0.15, -0.1) is 0 Å². The molecular formula is C15H28N2O3. The highest BCUT2D eigenvalue weighted by Crippen LogP contribution is 2.24. The third kappa shape index (κ3) is 3.72. The Hall–Kier alpha value is -1.10.